The maximum absolute atomic E-state index is 13.4. The molecule has 2 rings (SSSR count). The van der Waals surface area contributed by atoms with Gasteiger partial charge < -0.3 is 10.5 Å². The summed E-state index contributed by atoms with van der Waals surface area (Å²) in [6.07, 6.45) is -0.453. The smallest absolute Gasteiger partial charge is 0.200 e. The molecule has 1 heterocycles. The minimum absolute atomic E-state index is 0.117. The first-order valence-corrected chi connectivity index (χ1v) is 5.94. The minimum Gasteiger partial charge on any atom is -0.480 e. The second-order valence-corrected chi connectivity index (χ2v) is 4.39. The van der Waals surface area contributed by atoms with Crippen LogP contribution >= 0.6 is 11.3 Å². The zero-order valence-electron chi connectivity index (χ0n) is 8.90. The van der Waals surface area contributed by atoms with Crippen LogP contribution < -0.4 is 10.5 Å². The van der Waals surface area contributed by atoms with Crippen molar-refractivity contribution < 1.29 is 13.5 Å². The van der Waals surface area contributed by atoms with Crippen molar-refractivity contribution in [3.05, 3.63) is 52.2 Å². The first-order valence-electron chi connectivity index (χ1n) is 5.06. The van der Waals surface area contributed by atoms with Crippen LogP contribution in [0.3, 0.4) is 0 Å². The normalized spacial score (nSPS) is 12.4. The summed E-state index contributed by atoms with van der Waals surface area (Å²) in [6.45, 7) is 0.205. The summed E-state index contributed by atoms with van der Waals surface area (Å²) in [5.74, 6) is -2.03. The molecule has 0 saturated carbocycles. The van der Waals surface area contributed by atoms with E-state index in [1.807, 2.05) is 17.5 Å². The highest BCUT2D eigenvalue weighted by molar-refractivity contribution is 7.10. The topological polar surface area (TPSA) is 35.2 Å². The number of thiophene rings is 1. The molecule has 1 atom stereocenters. The van der Waals surface area contributed by atoms with Crippen molar-refractivity contribution in [2.45, 2.75) is 6.10 Å². The molecule has 17 heavy (non-hydrogen) atoms. The molecule has 0 aliphatic rings. The van der Waals surface area contributed by atoms with E-state index in [4.69, 9.17) is 10.5 Å². The van der Waals surface area contributed by atoms with Gasteiger partial charge in [0.2, 0.25) is 5.82 Å². The van der Waals surface area contributed by atoms with Gasteiger partial charge in [-0.05, 0) is 23.6 Å². The first kappa shape index (κ1) is 12.0. The Morgan fingerprint density at radius 3 is 2.71 bits per heavy atom. The second-order valence-electron chi connectivity index (χ2n) is 3.41. The second kappa shape index (κ2) is 5.25. The monoisotopic (exact) mass is 255 g/mol. The lowest BCUT2D eigenvalue weighted by molar-refractivity contribution is 0.205. The van der Waals surface area contributed by atoms with E-state index in [0.717, 1.165) is 10.9 Å². The summed E-state index contributed by atoms with van der Waals surface area (Å²) in [5, 5.41) is 1.88. The Morgan fingerprint density at radius 2 is 2.06 bits per heavy atom. The van der Waals surface area contributed by atoms with Gasteiger partial charge in [0.05, 0.1) is 0 Å². The third-order valence-corrected chi connectivity index (χ3v) is 3.22. The quantitative estimate of drug-likeness (QED) is 0.911. The highest BCUT2D eigenvalue weighted by Crippen LogP contribution is 2.27. The predicted octanol–water partition coefficient (Wildman–Crippen LogP) is 3.11. The SMILES string of the molecule is NCC(Oc1cccc(F)c1F)c1cccs1. The number of benzene rings is 1. The van der Waals surface area contributed by atoms with Gasteiger partial charge in [-0.1, -0.05) is 12.1 Å². The summed E-state index contributed by atoms with van der Waals surface area (Å²) >= 11 is 1.46. The number of halogens is 2. The maximum atomic E-state index is 13.4. The van der Waals surface area contributed by atoms with Gasteiger partial charge in [-0.2, -0.15) is 4.39 Å². The van der Waals surface area contributed by atoms with Crippen molar-refractivity contribution in [3.8, 4) is 5.75 Å². The molecule has 0 bridgehead atoms. The molecule has 2 N–H and O–H groups in total. The van der Waals surface area contributed by atoms with Crippen LogP contribution in [0.5, 0.6) is 5.75 Å². The Morgan fingerprint density at radius 1 is 1.24 bits per heavy atom. The highest BCUT2D eigenvalue weighted by Gasteiger charge is 2.16. The van der Waals surface area contributed by atoms with Crippen molar-refractivity contribution in [2.24, 2.45) is 5.73 Å². The van der Waals surface area contributed by atoms with Crippen LogP contribution in [-0.4, -0.2) is 6.54 Å². The fraction of sp³-hybridized carbons (Fsp3) is 0.167. The maximum Gasteiger partial charge on any atom is 0.200 e. The van der Waals surface area contributed by atoms with Crippen LogP contribution in [-0.2, 0) is 0 Å². The Balaban J connectivity index is 2.22. The van der Waals surface area contributed by atoms with Crippen molar-refractivity contribution in [1.29, 1.82) is 0 Å². The largest absolute Gasteiger partial charge is 0.480 e. The van der Waals surface area contributed by atoms with Crippen molar-refractivity contribution in [3.63, 3.8) is 0 Å². The van der Waals surface area contributed by atoms with Gasteiger partial charge in [0.1, 0.15) is 6.10 Å². The molecule has 0 aliphatic heterocycles. The lowest BCUT2D eigenvalue weighted by atomic mass is 10.2. The molecule has 0 aliphatic carbocycles. The van der Waals surface area contributed by atoms with Crippen LogP contribution in [0.15, 0.2) is 35.7 Å². The van der Waals surface area contributed by atoms with E-state index in [-0.39, 0.29) is 12.3 Å². The zero-order chi connectivity index (χ0) is 12.3. The summed E-state index contributed by atoms with van der Waals surface area (Å²) in [6, 6.07) is 7.53. The predicted molar refractivity (Wildman–Crippen MR) is 63.1 cm³/mol. The summed E-state index contributed by atoms with van der Waals surface area (Å²) in [4.78, 5) is 0.885. The fourth-order valence-corrected chi connectivity index (χ4v) is 2.19. The summed E-state index contributed by atoms with van der Waals surface area (Å²) < 4.78 is 31.8. The van der Waals surface area contributed by atoms with E-state index >= 15 is 0 Å². The van der Waals surface area contributed by atoms with Crippen molar-refractivity contribution >= 4 is 11.3 Å². The van der Waals surface area contributed by atoms with E-state index < -0.39 is 17.7 Å². The van der Waals surface area contributed by atoms with Crippen LogP contribution in [0.4, 0.5) is 8.78 Å². The number of ether oxygens (including phenoxy) is 1. The van der Waals surface area contributed by atoms with E-state index in [0.29, 0.717) is 0 Å². The molecule has 0 spiro atoms. The molecular formula is C12H11F2NOS. The lowest BCUT2D eigenvalue weighted by Crippen LogP contribution is -2.18. The van der Waals surface area contributed by atoms with E-state index in [1.54, 1.807) is 0 Å². The Hall–Kier alpha value is -1.46. The van der Waals surface area contributed by atoms with Gasteiger partial charge >= 0.3 is 0 Å². The zero-order valence-corrected chi connectivity index (χ0v) is 9.71. The van der Waals surface area contributed by atoms with Gasteiger partial charge in [-0.25, -0.2) is 4.39 Å². The average Bonchev–Trinajstić information content (AvgIpc) is 2.85. The van der Waals surface area contributed by atoms with E-state index in [2.05, 4.69) is 0 Å². The fourth-order valence-electron chi connectivity index (χ4n) is 1.43. The molecule has 5 heteroatoms. The summed E-state index contributed by atoms with van der Waals surface area (Å²) in [7, 11) is 0. The molecule has 0 amide bonds. The van der Waals surface area contributed by atoms with E-state index in [9.17, 15) is 8.78 Å². The minimum atomic E-state index is -0.984. The van der Waals surface area contributed by atoms with Crippen LogP contribution in [0.1, 0.15) is 11.0 Å². The molecule has 90 valence electrons. The third-order valence-electron chi connectivity index (χ3n) is 2.26. The molecule has 0 saturated heterocycles. The molecule has 2 aromatic rings. The third kappa shape index (κ3) is 2.62. The Kier molecular flexibility index (Phi) is 3.71. The van der Waals surface area contributed by atoms with Gasteiger partial charge in [-0.3, -0.25) is 0 Å². The summed E-state index contributed by atoms with van der Waals surface area (Å²) in [5.41, 5.74) is 5.57. The van der Waals surface area contributed by atoms with Gasteiger partial charge in [0, 0.05) is 11.4 Å². The molecule has 1 aromatic carbocycles. The van der Waals surface area contributed by atoms with E-state index in [1.165, 1.54) is 23.5 Å². The molecule has 2 nitrogen and oxygen atoms in total. The molecule has 1 aromatic heterocycles. The number of hydrogen-bond donors (Lipinski definition) is 1. The van der Waals surface area contributed by atoms with Gasteiger partial charge in [0.15, 0.2) is 11.6 Å². The highest BCUT2D eigenvalue weighted by atomic mass is 32.1. The van der Waals surface area contributed by atoms with Crippen molar-refractivity contribution in [2.75, 3.05) is 6.54 Å². The standard InChI is InChI=1S/C12H11F2NOS/c13-8-3-1-4-9(12(8)14)16-10(7-15)11-5-2-6-17-11/h1-6,10H,7,15H2. The van der Waals surface area contributed by atoms with Crippen LogP contribution in [0.25, 0.3) is 0 Å². The molecule has 0 fully saturated rings. The Bertz CT molecular complexity index is 487. The number of nitrogens with two attached hydrogens (primary N) is 1. The van der Waals surface area contributed by atoms with Crippen molar-refractivity contribution in [1.82, 2.24) is 0 Å². The molecular weight excluding hydrogens is 244 g/mol. The molecule has 1 unspecified atom stereocenters. The average molecular weight is 255 g/mol. The first-order chi connectivity index (χ1) is 8.22. The lowest BCUT2D eigenvalue weighted by Gasteiger charge is -2.16. The van der Waals surface area contributed by atoms with Gasteiger partial charge in [-0.15, -0.1) is 11.3 Å². The Labute approximate surface area is 102 Å². The number of hydrogen-bond acceptors (Lipinski definition) is 3. The number of rotatable bonds is 4. The van der Waals surface area contributed by atoms with Gasteiger partial charge in [0.25, 0.3) is 0 Å². The van der Waals surface area contributed by atoms with Crippen LogP contribution in [0, 0.1) is 11.6 Å². The molecule has 0 radical (unpaired) electrons. The van der Waals surface area contributed by atoms with Crippen LogP contribution in [0.2, 0.25) is 0 Å².